The average Bonchev–Trinajstić information content (AvgIpc) is 3.15. The minimum atomic E-state index is -0.426. The van der Waals surface area contributed by atoms with Gasteiger partial charge in [-0.25, -0.2) is 9.07 Å². The van der Waals surface area contributed by atoms with Crippen LogP contribution in [0.4, 0.5) is 10.2 Å². The Hall–Kier alpha value is -2.74. The number of halogens is 1. The van der Waals surface area contributed by atoms with Crippen LogP contribution in [0.5, 0.6) is 0 Å². The van der Waals surface area contributed by atoms with E-state index in [2.05, 4.69) is 10.4 Å². The molecular weight excluding hydrogens is 325 g/mol. The summed E-state index contributed by atoms with van der Waals surface area (Å²) >= 11 is 0. The Morgan fingerprint density at radius 1 is 1.40 bits per heavy atom. The fourth-order valence-electron chi connectivity index (χ4n) is 2.99. The summed E-state index contributed by atoms with van der Waals surface area (Å²) in [6.45, 7) is 3.04. The minimum absolute atomic E-state index is 0.144. The number of aromatic nitrogens is 2. The lowest BCUT2D eigenvalue weighted by atomic mass is 10.1. The van der Waals surface area contributed by atoms with Crippen molar-refractivity contribution in [2.75, 3.05) is 25.0 Å². The van der Waals surface area contributed by atoms with E-state index in [4.69, 9.17) is 5.73 Å². The molecular formula is C17H20FN5O2. The SMILES string of the molecule is Cc1cc(NC(=O)CN2CC[C@@H](C(N)=O)C2)n(-c2ccccc2F)n1. The molecule has 1 saturated heterocycles. The van der Waals surface area contributed by atoms with Crippen molar-refractivity contribution in [3.8, 4) is 5.69 Å². The second-order valence-electron chi connectivity index (χ2n) is 6.21. The Morgan fingerprint density at radius 3 is 2.84 bits per heavy atom. The van der Waals surface area contributed by atoms with E-state index in [0.717, 1.165) is 0 Å². The van der Waals surface area contributed by atoms with Gasteiger partial charge in [0.25, 0.3) is 0 Å². The molecule has 0 radical (unpaired) electrons. The normalized spacial score (nSPS) is 17.6. The summed E-state index contributed by atoms with van der Waals surface area (Å²) < 4.78 is 15.4. The van der Waals surface area contributed by atoms with E-state index in [-0.39, 0.29) is 30.0 Å². The first-order chi connectivity index (χ1) is 11.9. The third-order valence-corrected chi connectivity index (χ3v) is 4.22. The van der Waals surface area contributed by atoms with E-state index in [9.17, 15) is 14.0 Å². The molecule has 1 fully saturated rings. The molecule has 1 aliphatic rings. The van der Waals surface area contributed by atoms with Crippen molar-refractivity contribution in [1.29, 1.82) is 0 Å². The van der Waals surface area contributed by atoms with Gasteiger partial charge in [0.15, 0.2) is 0 Å². The maximum Gasteiger partial charge on any atom is 0.239 e. The highest BCUT2D eigenvalue weighted by Crippen LogP contribution is 2.20. The van der Waals surface area contributed by atoms with Gasteiger partial charge in [-0.1, -0.05) is 12.1 Å². The van der Waals surface area contributed by atoms with Crippen LogP contribution in [0.3, 0.4) is 0 Å². The molecule has 2 heterocycles. The summed E-state index contributed by atoms with van der Waals surface area (Å²) in [4.78, 5) is 25.4. The molecule has 0 unspecified atom stereocenters. The van der Waals surface area contributed by atoms with E-state index >= 15 is 0 Å². The van der Waals surface area contributed by atoms with Crippen molar-refractivity contribution in [2.45, 2.75) is 13.3 Å². The molecule has 2 amide bonds. The summed E-state index contributed by atoms with van der Waals surface area (Å²) in [5.41, 5.74) is 6.23. The predicted octanol–water partition coefficient (Wildman–Crippen LogP) is 1.07. The lowest BCUT2D eigenvalue weighted by molar-refractivity contribution is -0.122. The van der Waals surface area contributed by atoms with Crippen LogP contribution in [0.15, 0.2) is 30.3 Å². The summed E-state index contributed by atoms with van der Waals surface area (Å²) in [7, 11) is 0. The van der Waals surface area contributed by atoms with Crippen molar-refractivity contribution in [2.24, 2.45) is 11.7 Å². The molecule has 1 aromatic heterocycles. The number of likely N-dealkylation sites (tertiary alicyclic amines) is 1. The van der Waals surface area contributed by atoms with Gasteiger partial charge in [-0.15, -0.1) is 0 Å². The predicted molar refractivity (Wildman–Crippen MR) is 90.6 cm³/mol. The summed E-state index contributed by atoms with van der Waals surface area (Å²) in [5.74, 6) is -0.819. The van der Waals surface area contributed by atoms with Crippen LogP contribution < -0.4 is 11.1 Å². The molecule has 7 nitrogen and oxygen atoms in total. The standard InChI is InChI=1S/C17H20FN5O2/c1-11-8-15(23(21-11)14-5-3-2-4-13(14)18)20-16(24)10-22-7-6-12(9-22)17(19)25/h2-5,8,12H,6-7,9-10H2,1H3,(H2,19,25)(H,20,24)/t12-/m1/s1. The number of primary amides is 1. The van der Waals surface area contributed by atoms with Crippen LogP contribution in [0, 0.1) is 18.7 Å². The molecule has 8 heteroatoms. The molecule has 3 N–H and O–H groups in total. The van der Waals surface area contributed by atoms with Crippen LogP contribution in [0.2, 0.25) is 0 Å². The number of hydrogen-bond donors (Lipinski definition) is 2. The van der Waals surface area contributed by atoms with Gasteiger partial charge in [-0.3, -0.25) is 14.5 Å². The third-order valence-electron chi connectivity index (χ3n) is 4.22. The van der Waals surface area contributed by atoms with Crippen LogP contribution in [-0.2, 0) is 9.59 Å². The minimum Gasteiger partial charge on any atom is -0.369 e. The van der Waals surface area contributed by atoms with Gasteiger partial charge in [-0.05, 0) is 32.0 Å². The molecule has 2 aromatic rings. The van der Waals surface area contributed by atoms with Crippen LogP contribution in [0.1, 0.15) is 12.1 Å². The number of benzene rings is 1. The Balaban J connectivity index is 1.70. The molecule has 0 bridgehead atoms. The first-order valence-corrected chi connectivity index (χ1v) is 8.07. The number of nitrogens with zero attached hydrogens (tertiary/aromatic N) is 3. The number of hydrogen-bond acceptors (Lipinski definition) is 4. The second-order valence-corrected chi connectivity index (χ2v) is 6.21. The number of nitrogens with two attached hydrogens (primary N) is 1. The van der Waals surface area contributed by atoms with Crippen molar-refractivity contribution in [3.63, 3.8) is 0 Å². The Morgan fingerprint density at radius 2 is 2.16 bits per heavy atom. The highest BCUT2D eigenvalue weighted by molar-refractivity contribution is 5.92. The molecule has 0 aliphatic carbocycles. The Kier molecular flexibility index (Phi) is 4.80. The molecule has 0 saturated carbocycles. The maximum atomic E-state index is 14.0. The number of carbonyl (C=O) groups excluding carboxylic acids is 2. The van der Waals surface area contributed by atoms with Gasteiger partial charge in [0.2, 0.25) is 11.8 Å². The zero-order chi connectivity index (χ0) is 18.0. The number of aryl methyl sites for hydroxylation is 1. The lowest BCUT2D eigenvalue weighted by Crippen LogP contribution is -2.33. The Bertz CT molecular complexity index is 804. The quantitative estimate of drug-likeness (QED) is 0.847. The summed E-state index contributed by atoms with van der Waals surface area (Å²) in [6, 6.07) is 7.91. The van der Waals surface area contributed by atoms with E-state index in [1.807, 2.05) is 4.90 Å². The zero-order valence-corrected chi connectivity index (χ0v) is 13.9. The van der Waals surface area contributed by atoms with Crippen molar-refractivity contribution < 1.29 is 14.0 Å². The number of carbonyl (C=O) groups is 2. The van der Waals surface area contributed by atoms with Gasteiger partial charge in [0.05, 0.1) is 18.2 Å². The number of rotatable bonds is 5. The summed E-state index contributed by atoms with van der Waals surface area (Å²) in [6.07, 6.45) is 0.662. The van der Waals surface area contributed by atoms with Gasteiger partial charge in [0.1, 0.15) is 17.3 Å². The second kappa shape index (κ2) is 7.02. The van der Waals surface area contributed by atoms with Crippen molar-refractivity contribution in [3.05, 3.63) is 41.8 Å². The fraction of sp³-hybridized carbons (Fsp3) is 0.353. The van der Waals surface area contributed by atoms with Crippen LogP contribution in [-0.4, -0.2) is 46.1 Å². The van der Waals surface area contributed by atoms with Gasteiger partial charge in [-0.2, -0.15) is 5.10 Å². The fourth-order valence-corrected chi connectivity index (χ4v) is 2.99. The van der Waals surface area contributed by atoms with E-state index in [0.29, 0.717) is 31.0 Å². The zero-order valence-electron chi connectivity index (χ0n) is 13.9. The molecule has 1 atom stereocenters. The highest BCUT2D eigenvalue weighted by Gasteiger charge is 2.27. The topological polar surface area (TPSA) is 93.3 Å². The smallest absolute Gasteiger partial charge is 0.239 e. The average molecular weight is 345 g/mol. The highest BCUT2D eigenvalue weighted by atomic mass is 19.1. The van der Waals surface area contributed by atoms with Crippen LogP contribution in [0.25, 0.3) is 5.69 Å². The maximum absolute atomic E-state index is 14.0. The van der Waals surface area contributed by atoms with E-state index in [1.54, 1.807) is 31.2 Å². The monoisotopic (exact) mass is 345 g/mol. The van der Waals surface area contributed by atoms with Crippen LogP contribution >= 0.6 is 0 Å². The number of amides is 2. The van der Waals surface area contributed by atoms with E-state index < -0.39 is 5.82 Å². The number of nitrogens with one attached hydrogen (secondary N) is 1. The lowest BCUT2D eigenvalue weighted by Gasteiger charge is -2.15. The number of anilines is 1. The molecule has 3 rings (SSSR count). The largest absolute Gasteiger partial charge is 0.369 e. The number of para-hydroxylation sites is 1. The molecule has 0 spiro atoms. The molecule has 1 aromatic carbocycles. The Labute approximate surface area is 144 Å². The van der Waals surface area contributed by atoms with Gasteiger partial charge in [0, 0.05) is 12.6 Å². The molecule has 132 valence electrons. The van der Waals surface area contributed by atoms with E-state index in [1.165, 1.54) is 10.7 Å². The van der Waals surface area contributed by atoms with Crippen molar-refractivity contribution in [1.82, 2.24) is 14.7 Å². The van der Waals surface area contributed by atoms with Crippen molar-refractivity contribution >= 4 is 17.6 Å². The molecule has 1 aliphatic heterocycles. The van der Waals surface area contributed by atoms with Gasteiger partial charge >= 0.3 is 0 Å². The first-order valence-electron chi connectivity index (χ1n) is 8.07. The third kappa shape index (κ3) is 3.85. The molecule has 25 heavy (non-hydrogen) atoms. The summed E-state index contributed by atoms with van der Waals surface area (Å²) in [5, 5.41) is 7.01. The first kappa shape index (κ1) is 17.1. The van der Waals surface area contributed by atoms with Gasteiger partial charge < -0.3 is 11.1 Å².